The first kappa shape index (κ1) is 25.4. The first-order valence-corrected chi connectivity index (χ1v) is 12.8. The molecule has 2 saturated heterocycles. The van der Waals surface area contributed by atoms with Crippen LogP contribution in [0.15, 0.2) is 0 Å². The molecule has 2 aliphatic heterocycles. The van der Waals surface area contributed by atoms with Crippen LogP contribution in [0.2, 0.25) is 0 Å². The molecule has 0 aromatic heterocycles. The van der Waals surface area contributed by atoms with Crippen molar-refractivity contribution in [1.82, 2.24) is 4.90 Å². The molecule has 0 aromatic rings. The SMILES string of the molecule is CCCCCCC(CCCCCN1C(=O)CCC1=O)C1CC(C)[N+](C)(C)C(C)(C)C1. The van der Waals surface area contributed by atoms with Crippen molar-refractivity contribution < 1.29 is 14.1 Å². The van der Waals surface area contributed by atoms with Crippen molar-refractivity contribution in [2.24, 2.45) is 11.8 Å². The Morgan fingerprint density at radius 3 is 2.07 bits per heavy atom. The minimum Gasteiger partial charge on any atom is -0.322 e. The van der Waals surface area contributed by atoms with Crippen LogP contribution in [0.25, 0.3) is 0 Å². The number of carbonyl (C=O) groups excluding carboxylic acids is 2. The molecule has 30 heavy (non-hydrogen) atoms. The monoisotopic (exact) mass is 421 g/mol. The minimum absolute atomic E-state index is 0.0352. The van der Waals surface area contributed by atoms with Gasteiger partial charge in [-0.05, 0) is 39.0 Å². The number of imide groups is 1. The number of hydrogen-bond acceptors (Lipinski definition) is 2. The number of likely N-dealkylation sites (tertiary alicyclic amines) is 2. The highest BCUT2D eigenvalue weighted by molar-refractivity contribution is 6.01. The molecule has 0 saturated carbocycles. The minimum atomic E-state index is 0.0352. The molecule has 0 aliphatic carbocycles. The predicted octanol–water partition coefficient (Wildman–Crippen LogP) is 5.94. The highest BCUT2D eigenvalue weighted by Crippen LogP contribution is 2.44. The molecule has 4 heteroatoms. The van der Waals surface area contributed by atoms with Gasteiger partial charge in [-0.25, -0.2) is 0 Å². The molecule has 2 amide bonds. The highest BCUT2D eigenvalue weighted by atomic mass is 16.2. The Labute approximate surface area is 186 Å². The van der Waals surface area contributed by atoms with Gasteiger partial charge in [0.15, 0.2) is 0 Å². The Bertz CT molecular complexity index is 553. The van der Waals surface area contributed by atoms with Crippen LogP contribution >= 0.6 is 0 Å². The van der Waals surface area contributed by atoms with Crippen LogP contribution in [-0.4, -0.2) is 53.4 Å². The second-order valence-corrected chi connectivity index (χ2v) is 11.3. The number of carbonyl (C=O) groups is 2. The summed E-state index contributed by atoms with van der Waals surface area (Å²) in [6.45, 7) is 10.3. The highest BCUT2D eigenvalue weighted by Gasteiger charge is 2.48. The smallest absolute Gasteiger partial charge is 0.229 e. The summed E-state index contributed by atoms with van der Waals surface area (Å²) in [6.07, 6.45) is 15.0. The molecular formula is C26H49N2O2+. The number of hydrogen-bond donors (Lipinski definition) is 0. The molecule has 0 N–H and O–H groups in total. The van der Waals surface area contributed by atoms with E-state index in [4.69, 9.17) is 0 Å². The number of rotatable bonds is 12. The number of piperidine rings is 1. The van der Waals surface area contributed by atoms with Crippen LogP contribution in [0.1, 0.15) is 111 Å². The average Bonchev–Trinajstić information content (AvgIpc) is 2.99. The van der Waals surface area contributed by atoms with Crippen LogP contribution in [0, 0.1) is 11.8 Å². The van der Waals surface area contributed by atoms with E-state index in [1.807, 2.05) is 0 Å². The summed E-state index contributed by atoms with van der Waals surface area (Å²) in [5.41, 5.74) is 0.334. The molecule has 3 atom stereocenters. The van der Waals surface area contributed by atoms with E-state index in [9.17, 15) is 9.59 Å². The Morgan fingerprint density at radius 2 is 1.53 bits per heavy atom. The summed E-state index contributed by atoms with van der Waals surface area (Å²) in [5, 5.41) is 0. The average molecular weight is 422 g/mol. The molecule has 2 rings (SSSR count). The van der Waals surface area contributed by atoms with Crippen molar-refractivity contribution in [2.75, 3.05) is 20.6 Å². The van der Waals surface area contributed by atoms with Gasteiger partial charge in [-0.2, -0.15) is 0 Å². The molecule has 3 unspecified atom stereocenters. The zero-order chi connectivity index (χ0) is 22.4. The first-order chi connectivity index (χ1) is 14.1. The number of quaternary nitrogens is 1. The van der Waals surface area contributed by atoms with Gasteiger partial charge >= 0.3 is 0 Å². The Kier molecular flexibility index (Phi) is 9.39. The maximum Gasteiger partial charge on any atom is 0.229 e. The molecular weight excluding hydrogens is 372 g/mol. The number of nitrogens with zero attached hydrogens (tertiary/aromatic N) is 2. The summed E-state index contributed by atoms with van der Waals surface area (Å²) in [4.78, 5) is 25.1. The summed E-state index contributed by atoms with van der Waals surface area (Å²) in [5.74, 6) is 1.74. The largest absolute Gasteiger partial charge is 0.322 e. The van der Waals surface area contributed by atoms with Crippen molar-refractivity contribution in [2.45, 2.75) is 123 Å². The molecule has 4 nitrogen and oxygen atoms in total. The fourth-order valence-corrected chi connectivity index (χ4v) is 5.79. The zero-order valence-electron chi connectivity index (χ0n) is 20.8. The molecule has 174 valence electrons. The van der Waals surface area contributed by atoms with E-state index in [1.165, 1.54) is 62.7 Å². The number of unbranched alkanes of at least 4 members (excludes halogenated alkanes) is 5. The van der Waals surface area contributed by atoms with Gasteiger partial charge < -0.3 is 4.48 Å². The van der Waals surface area contributed by atoms with Gasteiger partial charge in [0.25, 0.3) is 0 Å². The van der Waals surface area contributed by atoms with E-state index in [2.05, 4.69) is 41.8 Å². The first-order valence-electron chi connectivity index (χ1n) is 12.8. The van der Waals surface area contributed by atoms with E-state index >= 15 is 0 Å². The second-order valence-electron chi connectivity index (χ2n) is 11.3. The third-order valence-electron chi connectivity index (χ3n) is 8.77. The molecule has 0 spiro atoms. The summed E-state index contributed by atoms with van der Waals surface area (Å²) < 4.78 is 1.13. The zero-order valence-corrected chi connectivity index (χ0v) is 20.8. The van der Waals surface area contributed by atoms with Gasteiger partial charge in [0.05, 0.1) is 25.7 Å². The van der Waals surface area contributed by atoms with Crippen molar-refractivity contribution in [3.05, 3.63) is 0 Å². The van der Waals surface area contributed by atoms with Gasteiger partial charge in [0, 0.05) is 32.2 Å². The lowest BCUT2D eigenvalue weighted by atomic mass is 9.70. The van der Waals surface area contributed by atoms with E-state index in [1.54, 1.807) is 0 Å². The standard InChI is InChI=1S/C26H49N2O2/c1-7-8-9-11-14-22(23-19-21(2)28(5,6)26(3,4)20-23)15-12-10-13-18-27-24(29)16-17-25(27)30/h21-23H,7-20H2,1-6H3/q+1. The maximum absolute atomic E-state index is 11.8. The molecule has 0 aromatic carbocycles. The molecule has 0 radical (unpaired) electrons. The lowest BCUT2D eigenvalue weighted by molar-refractivity contribution is -0.965. The Balaban J connectivity index is 1.86. The predicted molar refractivity (Wildman–Crippen MR) is 125 cm³/mol. The van der Waals surface area contributed by atoms with Crippen LogP contribution < -0.4 is 0 Å². The van der Waals surface area contributed by atoms with Crippen molar-refractivity contribution in [3.8, 4) is 0 Å². The second kappa shape index (κ2) is 11.1. The lowest BCUT2D eigenvalue weighted by Crippen LogP contribution is -2.65. The van der Waals surface area contributed by atoms with Crippen molar-refractivity contribution >= 4 is 11.8 Å². The van der Waals surface area contributed by atoms with Gasteiger partial charge in [0.1, 0.15) is 0 Å². The summed E-state index contributed by atoms with van der Waals surface area (Å²) >= 11 is 0. The van der Waals surface area contributed by atoms with E-state index in [0.29, 0.717) is 31.0 Å². The van der Waals surface area contributed by atoms with Crippen molar-refractivity contribution in [3.63, 3.8) is 0 Å². The van der Waals surface area contributed by atoms with E-state index in [0.717, 1.165) is 29.2 Å². The summed E-state index contributed by atoms with van der Waals surface area (Å²) in [7, 11) is 4.83. The molecule has 2 aliphatic rings. The van der Waals surface area contributed by atoms with Gasteiger partial charge in [-0.15, -0.1) is 0 Å². The fraction of sp³-hybridized carbons (Fsp3) is 0.923. The molecule has 2 heterocycles. The molecule has 2 fully saturated rings. The topological polar surface area (TPSA) is 37.4 Å². The number of amides is 2. The van der Waals surface area contributed by atoms with Crippen LogP contribution in [0.3, 0.4) is 0 Å². The van der Waals surface area contributed by atoms with Crippen molar-refractivity contribution in [1.29, 1.82) is 0 Å². The van der Waals surface area contributed by atoms with Gasteiger partial charge in [-0.1, -0.05) is 58.3 Å². The van der Waals surface area contributed by atoms with Gasteiger partial charge in [-0.3, -0.25) is 14.5 Å². The Hall–Kier alpha value is -0.900. The normalized spacial score (nSPS) is 26.9. The Morgan fingerprint density at radius 1 is 0.967 bits per heavy atom. The van der Waals surface area contributed by atoms with E-state index in [-0.39, 0.29) is 11.8 Å². The fourth-order valence-electron chi connectivity index (χ4n) is 5.79. The lowest BCUT2D eigenvalue weighted by Gasteiger charge is -2.55. The van der Waals surface area contributed by atoms with E-state index < -0.39 is 0 Å². The summed E-state index contributed by atoms with van der Waals surface area (Å²) in [6, 6.07) is 0.712. The van der Waals surface area contributed by atoms with Crippen LogP contribution in [0.5, 0.6) is 0 Å². The van der Waals surface area contributed by atoms with Gasteiger partial charge in [0.2, 0.25) is 11.8 Å². The third-order valence-corrected chi connectivity index (χ3v) is 8.77. The van der Waals surface area contributed by atoms with Crippen LogP contribution in [-0.2, 0) is 9.59 Å². The quantitative estimate of drug-likeness (QED) is 0.222. The third kappa shape index (κ3) is 6.31. The van der Waals surface area contributed by atoms with Crippen LogP contribution in [0.4, 0.5) is 0 Å². The maximum atomic E-state index is 11.8. The molecule has 0 bridgehead atoms.